The molecule has 0 saturated heterocycles. The van der Waals surface area contributed by atoms with Crippen LogP contribution in [-0.2, 0) is 6.54 Å². The fourth-order valence-corrected chi connectivity index (χ4v) is 2.80. The smallest absolute Gasteiger partial charge is 0.0414 e. The van der Waals surface area contributed by atoms with E-state index in [0.29, 0.717) is 0 Å². The van der Waals surface area contributed by atoms with E-state index in [1.807, 2.05) is 0 Å². The normalized spacial score (nSPS) is 18.6. The van der Waals surface area contributed by atoms with E-state index in [2.05, 4.69) is 42.3 Å². The van der Waals surface area contributed by atoms with E-state index in [1.165, 1.54) is 55.5 Å². The van der Waals surface area contributed by atoms with Crippen LogP contribution in [0.15, 0.2) is 18.2 Å². The Morgan fingerprint density at radius 3 is 2.63 bits per heavy atom. The summed E-state index contributed by atoms with van der Waals surface area (Å²) in [6.45, 7) is 6.72. The van der Waals surface area contributed by atoms with Crippen molar-refractivity contribution in [2.45, 2.75) is 64.6 Å². The molecule has 2 saturated carbocycles. The van der Waals surface area contributed by atoms with Gasteiger partial charge < -0.3 is 10.2 Å². The van der Waals surface area contributed by atoms with Crippen molar-refractivity contribution in [1.82, 2.24) is 5.32 Å². The van der Waals surface area contributed by atoms with E-state index in [-0.39, 0.29) is 0 Å². The van der Waals surface area contributed by atoms with Crippen LogP contribution in [0, 0.1) is 6.92 Å². The SMILES string of the molecule is CCCN(c1ccc(C)cc1CNC1CC1)C1CC1. The number of nitrogens with one attached hydrogen (secondary N) is 1. The second kappa shape index (κ2) is 5.54. The first-order valence-electron chi connectivity index (χ1n) is 7.87. The molecule has 0 radical (unpaired) electrons. The molecule has 2 nitrogen and oxygen atoms in total. The molecule has 19 heavy (non-hydrogen) atoms. The minimum absolute atomic E-state index is 0.786. The van der Waals surface area contributed by atoms with Crippen molar-refractivity contribution in [3.05, 3.63) is 29.3 Å². The second-order valence-corrected chi connectivity index (χ2v) is 6.21. The molecule has 0 atom stereocenters. The Bertz CT molecular complexity index is 433. The number of hydrogen-bond donors (Lipinski definition) is 1. The van der Waals surface area contributed by atoms with Crippen molar-refractivity contribution < 1.29 is 0 Å². The van der Waals surface area contributed by atoms with Gasteiger partial charge in [-0.25, -0.2) is 0 Å². The molecule has 0 spiro atoms. The minimum atomic E-state index is 0.786. The molecule has 1 aromatic carbocycles. The van der Waals surface area contributed by atoms with Crippen LogP contribution in [-0.4, -0.2) is 18.6 Å². The lowest BCUT2D eigenvalue weighted by atomic mass is 10.1. The van der Waals surface area contributed by atoms with Crippen LogP contribution in [0.25, 0.3) is 0 Å². The zero-order valence-electron chi connectivity index (χ0n) is 12.3. The predicted octanol–water partition coefficient (Wildman–Crippen LogP) is 3.63. The van der Waals surface area contributed by atoms with Crippen molar-refractivity contribution in [3.8, 4) is 0 Å². The summed E-state index contributed by atoms with van der Waals surface area (Å²) in [5.74, 6) is 0. The molecule has 0 heterocycles. The zero-order chi connectivity index (χ0) is 13.2. The van der Waals surface area contributed by atoms with Crippen molar-refractivity contribution in [3.63, 3.8) is 0 Å². The fraction of sp³-hybridized carbons (Fsp3) is 0.647. The molecule has 0 amide bonds. The van der Waals surface area contributed by atoms with E-state index in [4.69, 9.17) is 0 Å². The van der Waals surface area contributed by atoms with Gasteiger partial charge in [0.25, 0.3) is 0 Å². The largest absolute Gasteiger partial charge is 0.368 e. The van der Waals surface area contributed by atoms with Crippen LogP contribution < -0.4 is 10.2 Å². The van der Waals surface area contributed by atoms with Gasteiger partial charge in [0.1, 0.15) is 0 Å². The van der Waals surface area contributed by atoms with Crippen molar-refractivity contribution >= 4 is 5.69 Å². The lowest BCUT2D eigenvalue weighted by molar-refractivity contribution is 0.679. The standard InChI is InChI=1S/C17H26N2/c1-3-10-19(16-7-8-16)17-9-4-13(2)11-14(17)12-18-15-5-6-15/h4,9,11,15-16,18H,3,5-8,10,12H2,1-2H3. The number of anilines is 1. The van der Waals surface area contributed by atoms with Crippen LogP contribution >= 0.6 is 0 Å². The van der Waals surface area contributed by atoms with Crippen molar-refractivity contribution in [2.75, 3.05) is 11.4 Å². The average molecular weight is 258 g/mol. The summed E-state index contributed by atoms with van der Waals surface area (Å²) in [4.78, 5) is 2.64. The number of nitrogens with zero attached hydrogens (tertiary/aromatic N) is 1. The highest BCUT2D eigenvalue weighted by Gasteiger charge is 2.30. The fourth-order valence-electron chi connectivity index (χ4n) is 2.80. The first-order valence-corrected chi connectivity index (χ1v) is 7.87. The lowest BCUT2D eigenvalue weighted by Crippen LogP contribution is -2.28. The summed E-state index contributed by atoms with van der Waals surface area (Å²) in [6, 6.07) is 8.57. The summed E-state index contributed by atoms with van der Waals surface area (Å²) in [6.07, 6.45) is 6.72. The molecule has 2 aliphatic rings. The van der Waals surface area contributed by atoms with Gasteiger partial charge >= 0.3 is 0 Å². The Morgan fingerprint density at radius 1 is 1.21 bits per heavy atom. The van der Waals surface area contributed by atoms with Gasteiger partial charge in [-0.05, 0) is 50.7 Å². The second-order valence-electron chi connectivity index (χ2n) is 6.21. The highest BCUT2D eigenvalue weighted by atomic mass is 15.2. The van der Waals surface area contributed by atoms with Crippen molar-refractivity contribution in [1.29, 1.82) is 0 Å². The summed E-state index contributed by atoms with van der Waals surface area (Å²) < 4.78 is 0. The Balaban J connectivity index is 1.79. The summed E-state index contributed by atoms with van der Waals surface area (Å²) in [5, 5.41) is 3.67. The highest BCUT2D eigenvalue weighted by molar-refractivity contribution is 5.56. The average Bonchev–Trinajstić information content (AvgIpc) is 3.28. The molecule has 0 unspecified atom stereocenters. The van der Waals surface area contributed by atoms with E-state index in [0.717, 1.165) is 18.6 Å². The Morgan fingerprint density at radius 2 is 2.00 bits per heavy atom. The molecular formula is C17H26N2. The van der Waals surface area contributed by atoms with Gasteiger partial charge in [0.05, 0.1) is 0 Å². The number of benzene rings is 1. The molecular weight excluding hydrogens is 232 g/mol. The topological polar surface area (TPSA) is 15.3 Å². The zero-order valence-corrected chi connectivity index (χ0v) is 12.3. The number of rotatable bonds is 7. The highest BCUT2D eigenvalue weighted by Crippen LogP contribution is 2.34. The van der Waals surface area contributed by atoms with E-state index >= 15 is 0 Å². The van der Waals surface area contributed by atoms with Crippen LogP contribution in [0.3, 0.4) is 0 Å². The summed E-state index contributed by atoms with van der Waals surface area (Å²) in [5.41, 5.74) is 4.35. The van der Waals surface area contributed by atoms with Gasteiger partial charge in [-0.3, -0.25) is 0 Å². The third kappa shape index (κ3) is 3.30. The van der Waals surface area contributed by atoms with Gasteiger partial charge in [0.2, 0.25) is 0 Å². The Kier molecular flexibility index (Phi) is 3.79. The number of aryl methyl sites for hydroxylation is 1. The molecule has 0 aromatic heterocycles. The Labute approximate surface area is 117 Å². The quantitative estimate of drug-likeness (QED) is 0.803. The van der Waals surface area contributed by atoms with Crippen molar-refractivity contribution in [2.24, 2.45) is 0 Å². The molecule has 1 aromatic rings. The number of hydrogen-bond acceptors (Lipinski definition) is 2. The molecule has 2 aliphatic carbocycles. The van der Waals surface area contributed by atoms with Gasteiger partial charge in [-0.2, -0.15) is 0 Å². The maximum absolute atomic E-state index is 3.67. The third-order valence-electron chi connectivity index (χ3n) is 4.16. The third-order valence-corrected chi connectivity index (χ3v) is 4.16. The van der Waals surface area contributed by atoms with Crippen LogP contribution in [0.4, 0.5) is 5.69 Å². The Hall–Kier alpha value is -1.02. The first kappa shape index (κ1) is 13.0. The molecule has 2 heteroatoms. The van der Waals surface area contributed by atoms with Gasteiger partial charge in [0.15, 0.2) is 0 Å². The molecule has 2 fully saturated rings. The van der Waals surface area contributed by atoms with E-state index in [1.54, 1.807) is 0 Å². The molecule has 1 N–H and O–H groups in total. The van der Waals surface area contributed by atoms with Crippen LogP contribution in [0.2, 0.25) is 0 Å². The molecule has 0 bridgehead atoms. The monoisotopic (exact) mass is 258 g/mol. The van der Waals surface area contributed by atoms with Crippen LogP contribution in [0.1, 0.15) is 50.2 Å². The van der Waals surface area contributed by atoms with Gasteiger partial charge in [0, 0.05) is 30.9 Å². The minimum Gasteiger partial charge on any atom is -0.368 e. The van der Waals surface area contributed by atoms with Gasteiger partial charge in [-0.1, -0.05) is 24.6 Å². The maximum Gasteiger partial charge on any atom is 0.0414 e. The van der Waals surface area contributed by atoms with E-state index in [9.17, 15) is 0 Å². The molecule has 3 rings (SSSR count). The maximum atomic E-state index is 3.67. The van der Waals surface area contributed by atoms with E-state index < -0.39 is 0 Å². The van der Waals surface area contributed by atoms with Crippen LogP contribution in [0.5, 0.6) is 0 Å². The summed E-state index contributed by atoms with van der Waals surface area (Å²) in [7, 11) is 0. The lowest BCUT2D eigenvalue weighted by Gasteiger charge is -2.27. The van der Waals surface area contributed by atoms with Gasteiger partial charge in [-0.15, -0.1) is 0 Å². The summed E-state index contributed by atoms with van der Waals surface area (Å²) >= 11 is 0. The molecule has 0 aliphatic heterocycles. The molecule has 104 valence electrons. The first-order chi connectivity index (χ1) is 9.28. The predicted molar refractivity (Wildman–Crippen MR) is 81.7 cm³/mol.